The summed E-state index contributed by atoms with van der Waals surface area (Å²) in [6.45, 7) is 0. The molecule has 2 unspecified atom stereocenters. The third kappa shape index (κ3) is 3.27. The molecule has 1 aliphatic carbocycles. The maximum absolute atomic E-state index is 13.8. The van der Waals surface area contributed by atoms with Crippen LogP contribution < -0.4 is 0 Å². The quantitative estimate of drug-likeness (QED) is 0.431. The summed E-state index contributed by atoms with van der Waals surface area (Å²) in [5.74, 6) is -0.952. The van der Waals surface area contributed by atoms with Gasteiger partial charge in [-0.15, -0.1) is 0 Å². The maximum atomic E-state index is 13.8. The Balaban J connectivity index is 1.66. The third-order valence-electron chi connectivity index (χ3n) is 8.09. The predicted molar refractivity (Wildman–Crippen MR) is 110 cm³/mol. The molecule has 5 nitrogen and oxygen atoms in total. The molecule has 4 atom stereocenters. The van der Waals surface area contributed by atoms with Gasteiger partial charge in [-0.05, 0) is 24.3 Å². The Morgan fingerprint density at radius 1 is 0.931 bits per heavy atom. The van der Waals surface area contributed by atoms with Gasteiger partial charge < -0.3 is 14.0 Å². The molecule has 4 rings (SSSR count). The van der Waals surface area contributed by atoms with Crippen LogP contribution in [0.2, 0.25) is 0 Å². The lowest BCUT2D eigenvalue weighted by atomic mass is 9.69. The van der Waals surface area contributed by atoms with Crippen LogP contribution in [0.4, 0.5) is 0 Å². The fourth-order valence-electron chi connectivity index (χ4n) is 6.28. The van der Waals surface area contributed by atoms with Gasteiger partial charge in [-0.1, -0.05) is 43.2 Å². The molecule has 1 aromatic carbocycles. The van der Waals surface area contributed by atoms with Crippen molar-refractivity contribution in [3.63, 3.8) is 0 Å². The van der Waals surface area contributed by atoms with E-state index in [1.165, 1.54) is 20.0 Å². The summed E-state index contributed by atoms with van der Waals surface area (Å²) >= 11 is 0. The van der Waals surface area contributed by atoms with E-state index in [1.807, 2.05) is 30.3 Å². The van der Waals surface area contributed by atoms with Crippen molar-refractivity contribution in [1.82, 2.24) is 0 Å². The van der Waals surface area contributed by atoms with E-state index in [-0.39, 0.29) is 12.0 Å². The van der Waals surface area contributed by atoms with Gasteiger partial charge >= 0.3 is 11.9 Å². The second-order valence-electron chi connectivity index (χ2n) is 9.66. The van der Waals surface area contributed by atoms with Gasteiger partial charge in [0.15, 0.2) is 5.41 Å². The second-order valence-corrected chi connectivity index (χ2v) is 9.66. The number of hydrogen-bond donors (Lipinski definition) is 0. The Hall–Kier alpha value is -1.88. The SMILES string of the molecule is COC(=O)C(C(=O)OC1C[C@H]2CC[C@@H](C1)[N+]2(C)C)(c1ccccc1)C1CCCC1. The Labute approximate surface area is 174 Å². The average Bonchev–Trinajstić information content (AvgIpc) is 3.26. The molecule has 1 aromatic rings. The van der Waals surface area contributed by atoms with E-state index in [4.69, 9.17) is 9.47 Å². The lowest BCUT2D eigenvalue weighted by Crippen LogP contribution is -2.57. The van der Waals surface area contributed by atoms with E-state index in [0.29, 0.717) is 17.6 Å². The van der Waals surface area contributed by atoms with Crippen LogP contribution >= 0.6 is 0 Å². The Bertz CT molecular complexity index is 739. The number of benzene rings is 1. The minimum absolute atomic E-state index is 0.0719. The average molecular weight is 401 g/mol. The number of hydrogen-bond acceptors (Lipinski definition) is 4. The van der Waals surface area contributed by atoms with E-state index in [0.717, 1.165) is 43.0 Å². The first kappa shape index (κ1) is 20.4. The van der Waals surface area contributed by atoms with E-state index in [2.05, 4.69) is 14.1 Å². The molecule has 0 radical (unpaired) electrons. The largest absolute Gasteiger partial charge is 0.468 e. The number of carbonyl (C=O) groups excluding carboxylic acids is 2. The number of methoxy groups -OCH3 is 1. The molecule has 0 amide bonds. The van der Waals surface area contributed by atoms with Crippen molar-refractivity contribution < 1.29 is 23.5 Å². The summed E-state index contributed by atoms with van der Waals surface area (Å²) < 4.78 is 12.4. The van der Waals surface area contributed by atoms with Crippen molar-refractivity contribution in [2.45, 2.75) is 75.0 Å². The third-order valence-corrected chi connectivity index (χ3v) is 8.09. The normalized spacial score (nSPS) is 30.5. The maximum Gasteiger partial charge on any atom is 0.328 e. The van der Waals surface area contributed by atoms with Crippen LogP contribution in [0.3, 0.4) is 0 Å². The Morgan fingerprint density at radius 2 is 1.52 bits per heavy atom. The van der Waals surface area contributed by atoms with Crippen LogP contribution in [-0.2, 0) is 24.5 Å². The number of quaternary nitrogens is 1. The Kier molecular flexibility index (Phi) is 5.45. The van der Waals surface area contributed by atoms with Crippen molar-refractivity contribution in [2.24, 2.45) is 5.92 Å². The monoisotopic (exact) mass is 400 g/mol. The van der Waals surface area contributed by atoms with Crippen LogP contribution in [0.1, 0.15) is 56.9 Å². The first-order valence-electron chi connectivity index (χ1n) is 11.1. The minimum atomic E-state index is -1.35. The molecule has 3 aliphatic rings. The number of esters is 2. The molecule has 0 N–H and O–H groups in total. The number of fused-ring (bicyclic) bond motifs is 2. The van der Waals surface area contributed by atoms with Crippen LogP contribution in [0.15, 0.2) is 30.3 Å². The number of nitrogens with zero attached hydrogens (tertiary/aromatic N) is 1. The molecule has 158 valence electrons. The van der Waals surface area contributed by atoms with Crippen molar-refractivity contribution in [3.05, 3.63) is 35.9 Å². The molecule has 0 aromatic heterocycles. The van der Waals surface area contributed by atoms with E-state index in [1.54, 1.807) is 0 Å². The molecular weight excluding hydrogens is 366 g/mol. The van der Waals surface area contributed by atoms with Crippen molar-refractivity contribution in [1.29, 1.82) is 0 Å². The van der Waals surface area contributed by atoms with Gasteiger partial charge in [0.05, 0.1) is 33.3 Å². The molecule has 2 saturated heterocycles. The highest BCUT2D eigenvalue weighted by Crippen LogP contribution is 2.46. The first-order chi connectivity index (χ1) is 13.9. The molecule has 2 bridgehead atoms. The molecule has 3 fully saturated rings. The zero-order chi connectivity index (χ0) is 20.6. The standard InChI is InChI=1S/C24H34NO4/c1-25(2)19-13-14-20(25)16-21(15-19)29-23(27)24(22(26)28-3,18-11-7-8-12-18)17-9-5-4-6-10-17/h4-6,9-10,18-21H,7-8,11-16H2,1-3H3/q+1/t19-,20+,21?,24?. The molecule has 1 saturated carbocycles. The zero-order valence-corrected chi connectivity index (χ0v) is 17.9. The van der Waals surface area contributed by atoms with Crippen molar-refractivity contribution in [3.8, 4) is 0 Å². The summed E-state index contributed by atoms with van der Waals surface area (Å²) in [5.41, 5.74) is -0.647. The minimum Gasteiger partial charge on any atom is -0.468 e. The molecule has 0 spiro atoms. The van der Waals surface area contributed by atoms with Crippen LogP contribution in [-0.4, -0.2) is 55.8 Å². The molecule has 2 aliphatic heterocycles. The van der Waals surface area contributed by atoms with Crippen LogP contribution in [0.25, 0.3) is 0 Å². The number of ether oxygens (including phenoxy) is 2. The van der Waals surface area contributed by atoms with Crippen molar-refractivity contribution in [2.75, 3.05) is 21.2 Å². The fraction of sp³-hybridized carbons (Fsp3) is 0.667. The fourth-order valence-corrected chi connectivity index (χ4v) is 6.28. The smallest absolute Gasteiger partial charge is 0.328 e. The van der Waals surface area contributed by atoms with Gasteiger partial charge in [-0.3, -0.25) is 9.59 Å². The van der Waals surface area contributed by atoms with Gasteiger partial charge in [0.1, 0.15) is 6.10 Å². The van der Waals surface area contributed by atoms with Crippen LogP contribution in [0, 0.1) is 5.92 Å². The van der Waals surface area contributed by atoms with E-state index in [9.17, 15) is 9.59 Å². The van der Waals surface area contributed by atoms with Gasteiger partial charge in [-0.2, -0.15) is 0 Å². The van der Waals surface area contributed by atoms with E-state index >= 15 is 0 Å². The summed E-state index contributed by atoms with van der Waals surface area (Å²) in [7, 11) is 5.96. The van der Waals surface area contributed by atoms with Crippen molar-refractivity contribution >= 4 is 11.9 Å². The highest BCUT2D eigenvalue weighted by Gasteiger charge is 2.58. The summed E-state index contributed by atoms with van der Waals surface area (Å²) in [5, 5.41) is 0. The first-order valence-corrected chi connectivity index (χ1v) is 11.1. The summed E-state index contributed by atoms with van der Waals surface area (Å²) in [6.07, 6.45) is 7.78. The number of piperidine rings is 1. The molecule has 29 heavy (non-hydrogen) atoms. The zero-order valence-electron chi connectivity index (χ0n) is 17.9. The lowest BCUT2D eigenvalue weighted by molar-refractivity contribution is -0.931. The van der Waals surface area contributed by atoms with Gasteiger partial charge in [0.25, 0.3) is 0 Å². The topological polar surface area (TPSA) is 52.6 Å². The highest BCUT2D eigenvalue weighted by molar-refractivity contribution is 6.07. The van der Waals surface area contributed by atoms with Gasteiger partial charge in [-0.25, -0.2) is 0 Å². The summed E-state index contributed by atoms with van der Waals surface area (Å²) in [6, 6.07) is 10.5. The predicted octanol–water partition coefficient (Wildman–Crippen LogP) is 3.60. The highest BCUT2D eigenvalue weighted by atomic mass is 16.6. The van der Waals surface area contributed by atoms with Crippen LogP contribution in [0.5, 0.6) is 0 Å². The molecular formula is C24H34NO4+. The second kappa shape index (κ2) is 7.75. The Morgan fingerprint density at radius 3 is 2.07 bits per heavy atom. The van der Waals surface area contributed by atoms with Gasteiger partial charge in [0.2, 0.25) is 0 Å². The number of rotatable bonds is 5. The summed E-state index contributed by atoms with van der Waals surface area (Å²) in [4.78, 5) is 27.0. The van der Waals surface area contributed by atoms with E-state index < -0.39 is 17.4 Å². The molecule has 5 heteroatoms. The van der Waals surface area contributed by atoms with Gasteiger partial charge in [0, 0.05) is 25.7 Å². The lowest BCUT2D eigenvalue weighted by Gasteiger charge is -2.44. The molecule has 2 heterocycles. The number of carbonyl (C=O) groups is 2.